The largest absolute Gasteiger partial charge is 2.00 e. The van der Waals surface area contributed by atoms with Crippen molar-refractivity contribution >= 4 is 5.91 Å². The van der Waals surface area contributed by atoms with Crippen LogP contribution in [0.1, 0.15) is 5.56 Å². The molecule has 160 valence electrons. The van der Waals surface area contributed by atoms with Crippen LogP contribution in [-0.4, -0.2) is 88.9 Å². The number of benzene rings is 1. The van der Waals surface area contributed by atoms with Crippen molar-refractivity contribution in [3.05, 3.63) is 23.8 Å². The topological polar surface area (TPSA) is 132 Å². The first-order valence-corrected chi connectivity index (χ1v) is 9.53. The van der Waals surface area contributed by atoms with Crippen LogP contribution in [0, 0.1) is 0 Å². The Morgan fingerprint density at radius 2 is 1.52 bits per heavy atom. The van der Waals surface area contributed by atoms with Crippen molar-refractivity contribution in [1.82, 2.24) is 20.9 Å². The molecule has 0 saturated carbocycles. The third-order valence-electron chi connectivity index (χ3n) is 4.61. The van der Waals surface area contributed by atoms with Crippen LogP contribution in [0.4, 0.5) is 0 Å². The number of methoxy groups -OCH3 is 2. The van der Waals surface area contributed by atoms with Crippen molar-refractivity contribution in [1.29, 1.82) is 0 Å². The predicted octanol–water partition coefficient (Wildman–Crippen LogP) is -1.64. The van der Waals surface area contributed by atoms with Gasteiger partial charge in [-0.05, 0) is 24.1 Å². The van der Waals surface area contributed by atoms with Crippen molar-refractivity contribution in [2.75, 3.05) is 66.6 Å². The molecule has 1 saturated heterocycles. The van der Waals surface area contributed by atoms with Crippen LogP contribution >= 0.6 is 0 Å². The van der Waals surface area contributed by atoms with E-state index in [1.807, 2.05) is 23.1 Å². The monoisotopic (exact) mass is 461 g/mol. The van der Waals surface area contributed by atoms with Gasteiger partial charge in [0.25, 0.3) is 0 Å². The van der Waals surface area contributed by atoms with E-state index < -0.39 is 6.04 Å². The fourth-order valence-corrected chi connectivity index (χ4v) is 3.07. The van der Waals surface area contributed by atoms with Gasteiger partial charge in [-0.15, -0.1) is 0 Å². The molecule has 0 spiro atoms. The van der Waals surface area contributed by atoms with Gasteiger partial charge in [0, 0.05) is 52.4 Å². The van der Waals surface area contributed by atoms with Gasteiger partial charge >= 0.3 is 19.5 Å². The molecule has 0 radical (unpaired) electrons. The molecule has 9 nitrogen and oxygen atoms in total. The summed E-state index contributed by atoms with van der Waals surface area (Å²) >= 11 is 0. The minimum atomic E-state index is -0.585. The van der Waals surface area contributed by atoms with E-state index in [1.54, 1.807) is 14.2 Å². The van der Waals surface area contributed by atoms with E-state index in [9.17, 15) is 4.79 Å². The first-order chi connectivity index (χ1) is 13.2. The molecule has 1 fully saturated rings. The van der Waals surface area contributed by atoms with Crippen LogP contribution in [0.2, 0.25) is 0 Å². The molecule has 7 N–H and O–H groups in total. The Hall–Kier alpha value is -1.29. The summed E-state index contributed by atoms with van der Waals surface area (Å²) in [5, 5.41) is 10.1. The summed E-state index contributed by atoms with van der Waals surface area (Å²) in [5.74, 6) is 1.28. The summed E-state index contributed by atoms with van der Waals surface area (Å²) in [6.07, 6.45) is 0.459. The van der Waals surface area contributed by atoms with E-state index in [1.165, 1.54) is 0 Å². The summed E-state index contributed by atoms with van der Waals surface area (Å²) in [4.78, 5) is 14.7. The van der Waals surface area contributed by atoms with E-state index in [0.29, 0.717) is 31.0 Å². The van der Waals surface area contributed by atoms with E-state index in [0.717, 1.165) is 44.8 Å². The van der Waals surface area contributed by atoms with Gasteiger partial charge in [-0.25, -0.2) is 0 Å². The molecule has 1 aliphatic heterocycles. The molecule has 10 heteroatoms. The fraction of sp³-hybridized carbons (Fsp3) is 0.632. The third kappa shape index (κ3) is 9.38. The van der Waals surface area contributed by atoms with Crippen LogP contribution in [0.25, 0.3) is 0 Å². The van der Waals surface area contributed by atoms with Gasteiger partial charge in [-0.1, -0.05) is 6.07 Å². The van der Waals surface area contributed by atoms with E-state index in [2.05, 4.69) is 16.0 Å². The fourth-order valence-electron chi connectivity index (χ4n) is 3.07. The number of nitrogens with two attached hydrogens (primary N) is 1. The molecule has 0 bridgehead atoms. The smallest absolute Gasteiger partial charge is 0.493 e. The van der Waals surface area contributed by atoms with E-state index >= 15 is 0 Å². The summed E-state index contributed by atoms with van der Waals surface area (Å²) < 4.78 is 10.6. The number of ether oxygens (including phenoxy) is 2. The normalized spacial score (nSPS) is 16.9. The molecule has 0 unspecified atom stereocenters. The summed E-state index contributed by atoms with van der Waals surface area (Å²) in [6, 6.07) is 5.04. The Labute approximate surface area is 186 Å². The van der Waals surface area contributed by atoms with E-state index in [-0.39, 0.29) is 30.9 Å². The molecule has 1 heterocycles. The van der Waals surface area contributed by atoms with Crippen molar-refractivity contribution in [3.63, 3.8) is 0 Å². The molecule has 1 aromatic carbocycles. The second-order valence-corrected chi connectivity index (χ2v) is 6.58. The maximum atomic E-state index is 12.9. The average molecular weight is 463 g/mol. The van der Waals surface area contributed by atoms with Crippen LogP contribution in [-0.2, 0) is 30.7 Å². The maximum Gasteiger partial charge on any atom is 2.00 e. The van der Waals surface area contributed by atoms with Crippen molar-refractivity contribution in [3.8, 4) is 11.5 Å². The molecule has 0 aliphatic carbocycles. The van der Waals surface area contributed by atoms with Gasteiger partial charge in [0.2, 0.25) is 5.91 Å². The number of amides is 1. The van der Waals surface area contributed by atoms with Gasteiger partial charge in [-0.2, -0.15) is 0 Å². The second kappa shape index (κ2) is 15.5. The van der Waals surface area contributed by atoms with E-state index in [4.69, 9.17) is 15.2 Å². The molecule has 0 aromatic heterocycles. The minimum Gasteiger partial charge on any atom is -0.493 e. The molecule has 1 aromatic rings. The molecule has 29 heavy (non-hydrogen) atoms. The van der Waals surface area contributed by atoms with Gasteiger partial charge in [0.15, 0.2) is 11.5 Å². The Morgan fingerprint density at radius 1 is 1.00 bits per heavy atom. The molecule has 1 atom stereocenters. The Morgan fingerprint density at radius 3 is 2.03 bits per heavy atom. The number of hydrogen-bond acceptors (Lipinski definition) is 7. The number of hydrogen-bond donors (Lipinski definition) is 4. The number of carbonyl (C=O) groups is 1. The summed E-state index contributed by atoms with van der Waals surface area (Å²) in [7, 11) is 3.20. The van der Waals surface area contributed by atoms with Gasteiger partial charge in [0.1, 0.15) is 0 Å². The maximum absolute atomic E-state index is 12.9. The minimum absolute atomic E-state index is 0. The molecular weight excluding hydrogens is 428 g/mol. The quantitative estimate of drug-likeness (QED) is 0.386. The summed E-state index contributed by atoms with van der Waals surface area (Å²) in [5.41, 5.74) is 7.19. The van der Waals surface area contributed by atoms with Gasteiger partial charge in [-0.3, -0.25) is 4.79 Å². The third-order valence-corrected chi connectivity index (χ3v) is 4.61. The number of rotatable bonds is 5. The molecule has 1 aliphatic rings. The number of nitrogens with zero attached hydrogens (tertiary/aromatic N) is 1. The molecular formula is C19H35N5O4Zn+2. The average Bonchev–Trinajstić information content (AvgIpc) is 2.67. The Bertz CT molecular complexity index is 582. The van der Waals surface area contributed by atoms with Crippen LogP contribution in [0.5, 0.6) is 11.5 Å². The zero-order chi connectivity index (χ0) is 19.5. The first kappa shape index (κ1) is 27.7. The van der Waals surface area contributed by atoms with Gasteiger partial charge < -0.3 is 41.5 Å². The Kier molecular flexibility index (Phi) is 14.9. The SMILES string of the molecule is COc1ccc(C[C@H](N)C(=O)N2CCNCCNCCNCC2)cc1OC.O.[Zn+2]. The molecule has 1 amide bonds. The zero-order valence-electron chi connectivity index (χ0n) is 17.6. The second-order valence-electron chi connectivity index (χ2n) is 6.58. The Balaban J connectivity index is 0.00000392. The van der Waals surface area contributed by atoms with Gasteiger partial charge in [0.05, 0.1) is 20.3 Å². The number of nitrogens with one attached hydrogen (secondary N) is 3. The van der Waals surface area contributed by atoms with Crippen molar-refractivity contribution in [2.45, 2.75) is 12.5 Å². The van der Waals surface area contributed by atoms with Crippen LogP contribution in [0.15, 0.2) is 18.2 Å². The zero-order valence-corrected chi connectivity index (χ0v) is 20.6. The van der Waals surface area contributed by atoms with Crippen molar-refractivity contribution < 1.29 is 39.2 Å². The predicted molar refractivity (Wildman–Crippen MR) is 110 cm³/mol. The summed E-state index contributed by atoms with van der Waals surface area (Å²) in [6.45, 7) is 6.45. The standard InChI is InChI=1S/C19H33N5O3.H2O.Zn/c1-26-17-4-3-15(14-18(17)27-2)13-16(20)19(25)24-11-9-22-7-5-21-6-8-23-10-12-24;;/h3-4,14,16,21-23H,5-13,20H2,1-2H3;1H2;/q;;+2/t16-;;/m0../s1. The van der Waals surface area contributed by atoms with Crippen LogP contribution < -0.4 is 31.2 Å². The van der Waals surface area contributed by atoms with Crippen LogP contribution in [0.3, 0.4) is 0 Å². The first-order valence-electron chi connectivity index (χ1n) is 9.53. The van der Waals surface area contributed by atoms with Crippen molar-refractivity contribution in [2.24, 2.45) is 5.73 Å². The number of carbonyl (C=O) groups excluding carboxylic acids is 1. The molecule has 2 rings (SSSR count).